The van der Waals surface area contributed by atoms with Gasteiger partial charge in [0.05, 0.1) is 21.3 Å². The number of aromatic carboxylic acids is 1. The maximum absolute atomic E-state index is 11.2. The van der Waals surface area contributed by atoms with Gasteiger partial charge in [0.25, 0.3) is 0 Å². The van der Waals surface area contributed by atoms with Crippen LogP contribution < -0.4 is 19.1 Å². The minimum absolute atomic E-state index is 0.00296. The number of nitrogens with zero attached hydrogens (tertiary/aromatic N) is 1. The summed E-state index contributed by atoms with van der Waals surface area (Å²) in [7, 11) is 7.94. The van der Waals surface area contributed by atoms with Crippen LogP contribution in [0.1, 0.15) is 10.4 Å². The normalized spacial score (nSPS) is 9.83. The Bertz CT molecular complexity index is 456. The van der Waals surface area contributed by atoms with Crippen LogP contribution in [0.5, 0.6) is 17.2 Å². The number of carboxylic acid groups (broad SMARTS) is 1. The Hall–Kier alpha value is -2.11. The fourth-order valence-electron chi connectivity index (χ4n) is 1.74. The number of carbonyl (C=O) groups is 1. The zero-order chi connectivity index (χ0) is 13.9. The molecule has 0 aromatic heterocycles. The van der Waals surface area contributed by atoms with Gasteiger partial charge in [-0.15, -0.1) is 0 Å². The summed E-state index contributed by atoms with van der Waals surface area (Å²) in [5.74, 6) is -0.183. The van der Waals surface area contributed by atoms with Gasteiger partial charge in [0.1, 0.15) is 17.0 Å². The molecule has 6 heteroatoms. The number of hydrogen-bond donors (Lipinski definition) is 1. The van der Waals surface area contributed by atoms with Crippen LogP contribution in [0.4, 0.5) is 5.69 Å². The van der Waals surface area contributed by atoms with Crippen molar-refractivity contribution in [3.05, 3.63) is 11.6 Å². The van der Waals surface area contributed by atoms with E-state index in [1.54, 1.807) is 19.0 Å². The molecule has 0 heterocycles. The molecule has 1 aromatic rings. The van der Waals surface area contributed by atoms with Gasteiger partial charge in [0.15, 0.2) is 11.5 Å². The van der Waals surface area contributed by atoms with E-state index >= 15 is 0 Å². The average molecular weight is 255 g/mol. The molecule has 6 nitrogen and oxygen atoms in total. The summed E-state index contributed by atoms with van der Waals surface area (Å²) < 4.78 is 15.6. The number of anilines is 1. The van der Waals surface area contributed by atoms with Gasteiger partial charge in [-0.25, -0.2) is 4.79 Å². The molecule has 1 aromatic carbocycles. The second-order valence-electron chi connectivity index (χ2n) is 3.74. The van der Waals surface area contributed by atoms with Gasteiger partial charge in [-0.05, 0) is 0 Å². The molecule has 0 aliphatic carbocycles. The monoisotopic (exact) mass is 255 g/mol. The summed E-state index contributed by atoms with van der Waals surface area (Å²) in [6.45, 7) is 0. The fourth-order valence-corrected chi connectivity index (χ4v) is 1.74. The maximum Gasteiger partial charge on any atom is 0.339 e. The molecule has 1 rings (SSSR count). The molecule has 0 fully saturated rings. The number of methoxy groups -OCH3 is 3. The maximum atomic E-state index is 11.2. The second-order valence-corrected chi connectivity index (χ2v) is 3.74. The standard InChI is InChI=1S/C12H17NO5/c1-13(2)9-8(16-3)6-7(12(14)15)10(17-4)11(9)18-5/h6H,1-5H3,(H,14,15). The lowest BCUT2D eigenvalue weighted by molar-refractivity contribution is 0.0692. The van der Waals surface area contributed by atoms with Gasteiger partial charge in [-0.1, -0.05) is 0 Å². The van der Waals surface area contributed by atoms with Crippen LogP contribution >= 0.6 is 0 Å². The van der Waals surface area contributed by atoms with Crippen molar-refractivity contribution in [1.82, 2.24) is 0 Å². The second kappa shape index (κ2) is 5.48. The van der Waals surface area contributed by atoms with Crippen molar-refractivity contribution >= 4 is 11.7 Å². The first kappa shape index (κ1) is 14.0. The van der Waals surface area contributed by atoms with E-state index in [2.05, 4.69) is 0 Å². The van der Waals surface area contributed by atoms with Crippen LogP contribution in [0.2, 0.25) is 0 Å². The molecule has 100 valence electrons. The van der Waals surface area contributed by atoms with Crippen molar-refractivity contribution in [1.29, 1.82) is 0 Å². The summed E-state index contributed by atoms with van der Waals surface area (Å²) in [4.78, 5) is 13.0. The average Bonchev–Trinajstić information content (AvgIpc) is 2.35. The minimum atomic E-state index is -1.10. The Balaban J connectivity index is 3.67. The molecule has 0 amide bonds. The summed E-state index contributed by atoms with van der Waals surface area (Å²) in [5, 5.41) is 9.16. The van der Waals surface area contributed by atoms with Crippen molar-refractivity contribution in [2.45, 2.75) is 0 Å². The lowest BCUT2D eigenvalue weighted by Crippen LogP contribution is -2.14. The van der Waals surface area contributed by atoms with Gasteiger partial charge in [0.2, 0.25) is 0 Å². The molecule has 0 unspecified atom stereocenters. The van der Waals surface area contributed by atoms with Crippen molar-refractivity contribution < 1.29 is 24.1 Å². The van der Waals surface area contributed by atoms with Crippen LogP contribution in [-0.4, -0.2) is 46.5 Å². The molecule has 0 saturated heterocycles. The highest BCUT2D eigenvalue weighted by Crippen LogP contribution is 2.46. The smallest absolute Gasteiger partial charge is 0.339 e. The van der Waals surface area contributed by atoms with Crippen molar-refractivity contribution in [3.8, 4) is 17.2 Å². The SMILES string of the molecule is COc1cc(C(=O)O)c(OC)c(OC)c1N(C)C. The largest absolute Gasteiger partial charge is 0.494 e. The third kappa shape index (κ3) is 2.27. The van der Waals surface area contributed by atoms with E-state index in [9.17, 15) is 4.79 Å². The van der Waals surface area contributed by atoms with Crippen molar-refractivity contribution in [2.75, 3.05) is 40.3 Å². The van der Waals surface area contributed by atoms with Gasteiger partial charge < -0.3 is 24.2 Å². The first-order valence-corrected chi connectivity index (χ1v) is 5.21. The molecule has 0 saturated carbocycles. The predicted molar refractivity (Wildman–Crippen MR) is 67.4 cm³/mol. The molecule has 0 aliphatic heterocycles. The van der Waals surface area contributed by atoms with E-state index in [4.69, 9.17) is 19.3 Å². The third-order valence-corrected chi connectivity index (χ3v) is 2.48. The fraction of sp³-hybridized carbons (Fsp3) is 0.417. The Morgan fingerprint density at radius 3 is 2.00 bits per heavy atom. The number of ether oxygens (including phenoxy) is 3. The number of carboxylic acids is 1. The Kier molecular flexibility index (Phi) is 4.25. The van der Waals surface area contributed by atoms with E-state index in [-0.39, 0.29) is 11.3 Å². The topological polar surface area (TPSA) is 68.2 Å². The number of benzene rings is 1. The number of hydrogen-bond acceptors (Lipinski definition) is 5. The molecular formula is C12H17NO5. The highest BCUT2D eigenvalue weighted by molar-refractivity contribution is 5.95. The van der Waals surface area contributed by atoms with Crippen LogP contribution in [0, 0.1) is 0 Å². The highest BCUT2D eigenvalue weighted by Gasteiger charge is 2.25. The van der Waals surface area contributed by atoms with Crippen molar-refractivity contribution in [2.24, 2.45) is 0 Å². The summed E-state index contributed by atoms with van der Waals surface area (Å²) in [6, 6.07) is 1.42. The van der Waals surface area contributed by atoms with Gasteiger partial charge in [-0.3, -0.25) is 0 Å². The molecule has 1 N–H and O–H groups in total. The first-order valence-electron chi connectivity index (χ1n) is 5.21. The lowest BCUT2D eigenvalue weighted by atomic mass is 10.1. The van der Waals surface area contributed by atoms with Crippen LogP contribution in [0.3, 0.4) is 0 Å². The Morgan fingerprint density at radius 2 is 1.67 bits per heavy atom. The Labute approximate surface area is 106 Å². The summed E-state index contributed by atoms with van der Waals surface area (Å²) >= 11 is 0. The third-order valence-electron chi connectivity index (χ3n) is 2.48. The van der Waals surface area contributed by atoms with E-state index in [1.807, 2.05) is 0 Å². The summed E-state index contributed by atoms with van der Waals surface area (Å²) in [6.07, 6.45) is 0. The molecule has 0 atom stereocenters. The zero-order valence-electron chi connectivity index (χ0n) is 11.1. The molecule has 0 aliphatic rings. The van der Waals surface area contributed by atoms with Gasteiger partial charge in [0, 0.05) is 20.2 Å². The Morgan fingerprint density at radius 1 is 1.11 bits per heavy atom. The van der Waals surface area contributed by atoms with Gasteiger partial charge >= 0.3 is 5.97 Å². The van der Waals surface area contributed by atoms with E-state index < -0.39 is 5.97 Å². The predicted octanol–water partition coefficient (Wildman–Crippen LogP) is 1.48. The molecule has 0 spiro atoms. The molecule has 0 radical (unpaired) electrons. The highest BCUT2D eigenvalue weighted by atomic mass is 16.5. The molecule has 18 heavy (non-hydrogen) atoms. The summed E-state index contributed by atoms with van der Waals surface area (Å²) in [5.41, 5.74) is 0.624. The van der Waals surface area contributed by atoms with Gasteiger partial charge in [-0.2, -0.15) is 0 Å². The van der Waals surface area contributed by atoms with Crippen LogP contribution in [0.25, 0.3) is 0 Å². The quantitative estimate of drug-likeness (QED) is 0.859. The lowest BCUT2D eigenvalue weighted by Gasteiger charge is -2.22. The van der Waals surface area contributed by atoms with E-state index in [0.29, 0.717) is 17.2 Å². The minimum Gasteiger partial charge on any atom is -0.494 e. The van der Waals surface area contributed by atoms with Crippen LogP contribution in [-0.2, 0) is 0 Å². The number of rotatable bonds is 5. The first-order chi connectivity index (χ1) is 8.47. The van der Waals surface area contributed by atoms with E-state index in [0.717, 1.165) is 0 Å². The molecule has 0 bridgehead atoms. The van der Waals surface area contributed by atoms with Crippen molar-refractivity contribution in [3.63, 3.8) is 0 Å². The van der Waals surface area contributed by atoms with Crippen LogP contribution in [0.15, 0.2) is 6.07 Å². The van der Waals surface area contributed by atoms with E-state index in [1.165, 1.54) is 27.4 Å². The molecular weight excluding hydrogens is 238 g/mol. The zero-order valence-corrected chi connectivity index (χ0v) is 11.1.